The minimum absolute atomic E-state index is 0.00157. The van der Waals surface area contributed by atoms with E-state index < -0.39 is 38.8 Å². The molecule has 2 aromatic carbocycles. The maximum atomic E-state index is 14.0. The fourth-order valence-electron chi connectivity index (χ4n) is 3.55. The first-order valence-electron chi connectivity index (χ1n) is 10.2. The van der Waals surface area contributed by atoms with Crippen molar-refractivity contribution in [2.45, 2.75) is 17.4 Å². The molecular weight excluding hydrogens is 599 g/mol. The first kappa shape index (κ1) is 25.0. The van der Waals surface area contributed by atoms with Gasteiger partial charge in [0.15, 0.2) is 0 Å². The van der Waals surface area contributed by atoms with Crippen LogP contribution in [0.1, 0.15) is 28.4 Å². The second-order valence-corrected chi connectivity index (χ2v) is 9.20. The van der Waals surface area contributed by atoms with Gasteiger partial charge in [-0.25, -0.2) is 14.3 Å². The number of carbonyl (C=O) groups is 1. The van der Waals surface area contributed by atoms with Crippen molar-refractivity contribution in [1.82, 2.24) is 24.1 Å². The second kappa shape index (κ2) is 9.49. The van der Waals surface area contributed by atoms with Gasteiger partial charge < -0.3 is 4.74 Å². The van der Waals surface area contributed by atoms with Crippen molar-refractivity contribution in [2.75, 3.05) is 6.61 Å². The van der Waals surface area contributed by atoms with Gasteiger partial charge in [0.05, 0.1) is 29.4 Å². The third-order valence-electron chi connectivity index (χ3n) is 5.25. The van der Waals surface area contributed by atoms with Crippen LogP contribution in [0, 0.1) is 0 Å². The second-order valence-electron chi connectivity index (χ2n) is 7.47. The number of ether oxygens (including phenoxy) is 1. The van der Waals surface area contributed by atoms with E-state index in [0.29, 0.717) is 16.7 Å². The predicted molar refractivity (Wildman–Crippen MR) is 133 cm³/mol. The molecule has 0 aliphatic rings. The number of alkyl halides is 3. The van der Waals surface area contributed by atoms with E-state index in [9.17, 15) is 23.2 Å². The van der Waals surface area contributed by atoms with Gasteiger partial charge >= 0.3 is 15.6 Å². The Morgan fingerprint density at radius 2 is 1.97 bits per heavy atom. The average Bonchev–Trinajstić information content (AvgIpc) is 3.17. The van der Waals surface area contributed by atoms with Crippen LogP contribution in [0.25, 0.3) is 16.7 Å². The Balaban J connectivity index is 1.93. The summed E-state index contributed by atoms with van der Waals surface area (Å²) in [5, 5.41) is 7.66. The zero-order valence-corrected chi connectivity index (χ0v) is 21.3. The van der Waals surface area contributed by atoms with Crippen molar-refractivity contribution in [3.63, 3.8) is 0 Å². The fourth-order valence-corrected chi connectivity index (χ4v) is 4.46. The van der Waals surface area contributed by atoms with Gasteiger partial charge in [-0.15, -0.1) is 5.10 Å². The highest BCUT2D eigenvalue weighted by Gasteiger charge is 2.31. The van der Waals surface area contributed by atoms with Crippen LogP contribution >= 0.6 is 34.2 Å². The Morgan fingerprint density at radius 1 is 1.23 bits per heavy atom. The summed E-state index contributed by atoms with van der Waals surface area (Å²) < 4.78 is 33.0. The number of aromatic nitrogens is 5. The van der Waals surface area contributed by atoms with Gasteiger partial charge in [-0.2, -0.15) is 8.78 Å². The summed E-state index contributed by atoms with van der Waals surface area (Å²) in [7, 11) is 1.71. The van der Waals surface area contributed by atoms with Crippen LogP contribution in [0.15, 0.2) is 52.2 Å². The van der Waals surface area contributed by atoms with Crippen LogP contribution in [0.4, 0.5) is 8.78 Å². The number of hydrogen-bond acceptors (Lipinski definition) is 6. The number of aryl methyl sites for hydroxylation is 1. The normalized spacial score (nSPS) is 11.7. The Labute approximate surface area is 215 Å². The van der Waals surface area contributed by atoms with Gasteiger partial charge in [-0.3, -0.25) is 13.9 Å². The van der Waals surface area contributed by atoms with E-state index >= 15 is 0 Å². The molecular formula is C22H17ClF2IN5O4. The summed E-state index contributed by atoms with van der Waals surface area (Å²) in [5.74, 6) is -0.931. The standard InChI is InChI=1S/C22H17ClF2IN5O4/c1-3-35-20(33)14-11-30(13-7-8-17-16(9-13)27-28-29(17)2)21(34)31(19(14)32)10-12-5-4-6-15(18(12)23)22(24,25)26/h4-9,11H,3,10H2,1-2H3. The number of halogens is 4. The molecule has 2 aromatic heterocycles. The molecule has 0 bridgehead atoms. The van der Waals surface area contributed by atoms with Crippen LogP contribution in [0.3, 0.4) is 0 Å². The van der Waals surface area contributed by atoms with Crippen molar-refractivity contribution in [3.05, 3.63) is 85.1 Å². The maximum absolute atomic E-state index is 14.0. The largest absolute Gasteiger partial charge is 0.462 e. The molecule has 0 N–H and O–H groups in total. The van der Waals surface area contributed by atoms with E-state index in [-0.39, 0.29) is 17.2 Å². The van der Waals surface area contributed by atoms with Crippen molar-refractivity contribution in [1.29, 1.82) is 0 Å². The molecule has 0 radical (unpaired) electrons. The van der Waals surface area contributed by atoms with Crippen LogP contribution in [0.2, 0.25) is 5.02 Å². The summed E-state index contributed by atoms with van der Waals surface area (Å²) >= 11 is 7.15. The fraction of sp³-hybridized carbons (Fsp3) is 0.227. The summed E-state index contributed by atoms with van der Waals surface area (Å²) in [4.78, 5) is 39.1. The molecule has 0 saturated carbocycles. The molecule has 0 unspecified atom stereocenters. The van der Waals surface area contributed by atoms with E-state index in [4.69, 9.17) is 16.3 Å². The smallest absolute Gasteiger partial charge is 0.345 e. The molecule has 0 aliphatic carbocycles. The van der Waals surface area contributed by atoms with Crippen LogP contribution in [-0.4, -0.2) is 36.7 Å². The lowest BCUT2D eigenvalue weighted by atomic mass is 10.1. The molecule has 0 saturated heterocycles. The topological polar surface area (TPSA) is 101 Å². The summed E-state index contributed by atoms with van der Waals surface area (Å²) in [6, 6.07) is 8.78. The van der Waals surface area contributed by atoms with Gasteiger partial charge in [-0.1, -0.05) is 35.0 Å². The van der Waals surface area contributed by atoms with E-state index in [0.717, 1.165) is 44.0 Å². The van der Waals surface area contributed by atoms with Crippen molar-refractivity contribution < 1.29 is 18.3 Å². The lowest BCUT2D eigenvalue weighted by Crippen LogP contribution is -2.42. The first-order chi connectivity index (χ1) is 16.5. The van der Waals surface area contributed by atoms with Gasteiger partial charge in [0.1, 0.15) is 11.1 Å². The van der Waals surface area contributed by atoms with Crippen molar-refractivity contribution in [3.8, 4) is 5.69 Å². The molecule has 0 atom stereocenters. The maximum Gasteiger partial charge on any atom is 0.345 e. The van der Waals surface area contributed by atoms with E-state index in [2.05, 4.69) is 10.3 Å². The number of fused-ring (bicyclic) bond motifs is 1. The molecule has 0 aliphatic heterocycles. The molecule has 9 nitrogen and oxygen atoms in total. The van der Waals surface area contributed by atoms with E-state index in [1.54, 1.807) is 36.9 Å². The lowest BCUT2D eigenvalue weighted by molar-refractivity contribution is 0.0522. The molecule has 182 valence electrons. The number of esters is 1. The zero-order chi connectivity index (χ0) is 25.5. The number of nitrogens with zero attached hydrogens (tertiary/aromatic N) is 5. The predicted octanol–water partition coefficient (Wildman–Crippen LogP) is 3.64. The van der Waals surface area contributed by atoms with E-state index in [1.807, 2.05) is 0 Å². The summed E-state index contributed by atoms with van der Waals surface area (Å²) in [6.07, 6.45) is 1.09. The third-order valence-corrected chi connectivity index (χ3v) is 6.28. The van der Waals surface area contributed by atoms with Crippen molar-refractivity contribution >= 4 is 51.2 Å². The Hall–Kier alpha value is -3.13. The van der Waals surface area contributed by atoms with Gasteiger partial charge in [-0.05, 0) is 30.7 Å². The Bertz CT molecular complexity index is 1580. The number of rotatable bonds is 6. The monoisotopic (exact) mass is 615 g/mol. The minimum Gasteiger partial charge on any atom is -0.462 e. The molecule has 2 heterocycles. The van der Waals surface area contributed by atoms with E-state index in [1.165, 1.54) is 12.1 Å². The molecule has 0 amide bonds. The highest BCUT2D eigenvalue weighted by atomic mass is 127. The van der Waals surface area contributed by atoms with Crippen LogP contribution in [-0.2, 0) is 22.3 Å². The van der Waals surface area contributed by atoms with Crippen LogP contribution < -0.4 is 11.2 Å². The van der Waals surface area contributed by atoms with Gasteiger partial charge in [0.2, 0.25) is 0 Å². The zero-order valence-electron chi connectivity index (χ0n) is 18.3. The molecule has 35 heavy (non-hydrogen) atoms. The number of benzene rings is 2. The first-order valence-corrected chi connectivity index (χ1v) is 11.7. The van der Waals surface area contributed by atoms with Gasteiger partial charge in [0, 0.05) is 41.4 Å². The number of hydrogen-bond donors (Lipinski definition) is 0. The summed E-state index contributed by atoms with van der Waals surface area (Å²) in [5.41, 5.74) is -1.02. The molecule has 4 rings (SSSR count). The highest BCUT2D eigenvalue weighted by Crippen LogP contribution is 2.40. The lowest BCUT2D eigenvalue weighted by Gasteiger charge is -2.16. The Morgan fingerprint density at radius 3 is 2.66 bits per heavy atom. The molecule has 4 aromatic rings. The van der Waals surface area contributed by atoms with Crippen molar-refractivity contribution in [2.24, 2.45) is 7.05 Å². The molecule has 13 heteroatoms. The van der Waals surface area contributed by atoms with Gasteiger partial charge in [0.25, 0.3) is 5.56 Å². The SMILES string of the molecule is CCOC(=O)c1cn(-c2ccc3c(c2)nnn3C)c(=O)n(Cc2cccc(C(F)(F)I)c2Cl)c1=O. The quantitative estimate of drug-likeness (QED) is 0.187. The minimum atomic E-state index is -3.27. The summed E-state index contributed by atoms with van der Waals surface area (Å²) in [6.45, 7) is 1.13. The molecule has 0 fully saturated rings. The Kier molecular flexibility index (Phi) is 6.77. The molecule has 0 spiro atoms. The highest BCUT2D eigenvalue weighted by molar-refractivity contribution is 14.1. The number of carbonyl (C=O) groups excluding carboxylic acids is 1. The average molecular weight is 616 g/mol. The third kappa shape index (κ3) is 4.72. The van der Waals surface area contributed by atoms with Crippen LogP contribution in [0.5, 0.6) is 0 Å².